The van der Waals surface area contributed by atoms with Gasteiger partial charge >= 0.3 is 0 Å². The van der Waals surface area contributed by atoms with E-state index < -0.39 is 0 Å². The molecule has 1 fully saturated rings. The summed E-state index contributed by atoms with van der Waals surface area (Å²) in [6, 6.07) is 4.58. The average Bonchev–Trinajstić information content (AvgIpc) is 2.67. The molecule has 1 aliphatic heterocycles. The molecule has 0 amide bonds. The topological polar surface area (TPSA) is 67.3 Å². The Hall–Kier alpha value is -3.03. The second kappa shape index (κ2) is 6.46. The summed E-state index contributed by atoms with van der Waals surface area (Å²) in [5, 5.41) is 0.733. The van der Waals surface area contributed by atoms with Gasteiger partial charge in [0.25, 0.3) is 0 Å². The minimum Gasteiger partial charge on any atom is -0.480 e. The molecule has 4 rings (SSSR count). The number of anilines is 2. The van der Waals surface area contributed by atoms with Crippen molar-refractivity contribution in [2.45, 2.75) is 0 Å². The number of rotatable bonds is 3. The summed E-state index contributed by atoms with van der Waals surface area (Å²) in [6.45, 7) is 3.04. The van der Waals surface area contributed by atoms with Gasteiger partial charge in [-0.25, -0.2) is 14.4 Å². The number of benzene rings is 1. The summed E-state index contributed by atoms with van der Waals surface area (Å²) in [5.74, 6) is 1.77. The van der Waals surface area contributed by atoms with Gasteiger partial charge in [0.05, 0.1) is 25.0 Å². The predicted octanol–water partition coefficient (Wildman–Crippen LogP) is 1.89. The molecule has 0 saturated carbocycles. The molecule has 0 unspecified atom stereocenters. The van der Waals surface area contributed by atoms with Crippen LogP contribution in [0.2, 0.25) is 0 Å². The van der Waals surface area contributed by atoms with Gasteiger partial charge in [0.15, 0.2) is 5.82 Å². The van der Waals surface area contributed by atoms with E-state index in [-0.39, 0.29) is 5.82 Å². The zero-order valence-electron chi connectivity index (χ0n) is 13.8. The molecule has 1 saturated heterocycles. The summed E-state index contributed by atoms with van der Waals surface area (Å²) in [4.78, 5) is 21.5. The fourth-order valence-electron chi connectivity index (χ4n) is 3.00. The molecule has 1 aromatic carbocycles. The number of hydrogen-bond acceptors (Lipinski definition) is 7. The van der Waals surface area contributed by atoms with Crippen LogP contribution < -0.4 is 14.5 Å². The first kappa shape index (κ1) is 15.5. The van der Waals surface area contributed by atoms with E-state index in [1.54, 1.807) is 25.6 Å². The Morgan fingerprint density at radius 2 is 1.84 bits per heavy atom. The first-order valence-electron chi connectivity index (χ1n) is 8.01. The first-order valence-corrected chi connectivity index (χ1v) is 8.01. The highest BCUT2D eigenvalue weighted by atomic mass is 19.1. The summed E-state index contributed by atoms with van der Waals surface area (Å²) >= 11 is 0. The molecular formula is C17H17FN6O. The Kier molecular flexibility index (Phi) is 4.01. The van der Waals surface area contributed by atoms with Crippen LogP contribution in [0.15, 0.2) is 36.9 Å². The quantitative estimate of drug-likeness (QED) is 0.721. The standard InChI is InChI=1S/C17H17FN6O/c1-25-16-10-19-9-15(22-16)23-4-6-24(7-5-23)17-13-8-12(18)2-3-14(13)20-11-21-17/h2-3,8-11H,4-7H2,1H3. The highest BCUT2D eigenvalue weighted by Crippen LogP contribution is 2.25. The number of fused-ring (bicyclic) bond motifs is 1. The van der Waals surface area contributed by atoms with E-state index in [4.69, 9.17) is 4.74 Å². The van der Waals surface area contributed by atoms with Gasteiger partial charge in [-0.2, -0.15) is 4.98 Å². The molecule has 3 heterocycles. The van der Waals surface area contributed by atoms with Gasteiger partial charge in [0.1, 0.15) is 18.0 Å². The molecule has 0 bridgehead atoms. The minimum absolute atomic E-state index is 0.283. The van der Waals surface area contributed by atoms with E-state index in [9.17, 15) is 4.39 Å². The maximum absolute atomic E-state index is 13.6. The lowest BCUT2D eigenvalue weighted by Crippen LogP contribution is -2.47. The fourth-order valence-corrected chi connectivity index (χ4v) is 3.00. The van der Waals surface area contributed by atoms with Crippen molar-refractivity contribution < 1.29 is 9.13 Å². The molecule has 7 nitrogen and oxygen atoms in total. The number of piperazine rings is 1. The van der Waals surface area contributed by atoms with Crippen molar-refractivity contribution in [1.82, 2.24) is 19.9 Å². The number of hydrogen-bond donors (Lipinski definition) is 0. The highest BCUT2D eigenvalue weighted by Gasteiger charge is 2.21. The molecule has 3 aromatic rings. The smallest absolute Gasteiger partial charge is 0.233 e. The lowest BCUT2D eigenvalue weighted by atomic mass is 10.2. The van der Waals surface area contributed by atoms with Gasteiger partial charge in [-0.1, -0.05) is 0 Å². The van der Waals surface area contributed by atoms with Crippen molar-refractivity contribution >= 4 is 22.5 Å². The first-order chi connectivity index (χ1) is 12.2. The Labute approximate surface area is 144 Å². The fraction of sp³-hybridized carbons (Fsp3) is 0.294. The normalized spacial score (nSPS) is 14.8. The summed E-state index contributed by atoms with van der Waals surface area (Å²) < 4.78 is 18.8. The van der Waals surface area contributed by atoms with Crippen molar-refractivity contribution in [2.75, 3.05) is 43.1 Å². The number of ether oxygens (including phenoxy) is 1. The average molecular weight is 340 g/mol. The van der Waals surface area contributed by atoms with E-state index in [2.05, 4.69) is 29.7 Å². The van der Waals surface area contributed by atoms with Crippen LogP contribution >= 0.6 is 0 Å². The molecule has 0 aliphatic carbocycles. The molecule has 2 aromatic heterocycles. The largest absolute Gasteiger partial charge is 0.480 e. The zero-order valence-corrected chi connectivity index (χ0v) is 13.8. The molecule has 0 atom stereocenters. The van der Waals surface area contributed by atoms with Crippen molar-refractivity contribution in [1.29, 1.82) is 0 Å². The van der Waals surface area contributed by atoms with E-state index in [0.29, 0.717) is 5.88 Å². The Bertz CT molecular complexity index is 897. The molecule has 25 heavy (non-hydrogen) atoms. The zero-order chi connectivity index (χ0) is 17.2. The van der Waals surface area contributed by atoms with Crippen molar-refractivity contribution in [2.24, 2.45) is 0 Å². The number of halogens is 1. The van der Waals surface area contributed by atoms with Crippen LogP contribution in [-0.2, 0) is 0 Å². The third-order valence-corrected chi connectivity index (χ3v) is 4.29. The number of aromatic nitrogens is 4. The van der Waals surface area contributed by atoms with E-state index in [1.165, 1.54) is 18.5 Å². The van der Waals surface area contributed by atoms with E-state index in [0.717, 1.165) is 48.7 Å². The third kappa shape index (κ3) is 3.02. The van der Waals surface area contributed by atoms with Gasteiger partial charge in [-0.15, -0.1) is 0 Å². The molecule has 8 heteroatoms. The summed E-state index contributed by atoms with van der Waals surface area (Å²) in [7, 11) is 1.57. The Balaban J connectivity index is 1.55. The van der Waals surface area contributed by atoms with Crippen LogP contribution in [0.3, 0.4) is 0 Å². The molecule has 128 valence electrons. The Morgan fingerprint density at radius 1 is 1.04 bits per heavy atom. The maximum atomic E-state index is 13.6. The maximum Gasteiger partial charge on any atom is 0.233 e. The lowest BCUT2D eigenvalue weighted by molar-refractivity contribution is 0.395. The van der Waals surface area contributed by atoms with E-state index in [1.807, 2.05) is 0 Å². The van der Waals surface area contributed by atoms with Crippen LogP contribution in [0.5, 0.6) is 5.88 Å². The molecule has 0 spiro atoms. The van der Waals surface area contributed by atoms with Gasteiger partial charge in [-0.05, 0) is 18.2 Å². The van der Waals surface area contributed by atoms with Gasteiger partial charge < -0.3 is 14.5 Å². The van der Waals surface area contributed by atoms with Gasteiger partial charge in [0, 0.05) is 31.6 Å². The molecule has 0 radical (unpaired) electrons. The van der Waals surface area contributed by atoms with Crippen LogP contribution in [0.1, 0.15) is 0 Å². The van der Waals surface area contributed by atoms with Gasteiger partial charge in [0.2, 0.25) is 5.88 Å². The number of nitrogens with zero attached hydrogens (tertiary/aromatic N) is 6. The van der Waals surface area contributed by atoms with Gasteiger partial charge in [-0.3, -0.25) is 4.98 Å². The van der Waals surface area contributed by atoms with Crippen LogP contribution in [0, 0.1) is 5.82 Å². The van der Waals surface area contributed by atoms with Crippen molar-refractivity contribution in [3.63, 3.8) is 0 Å². The highest BCUT2D eigenvalue weighted by molar-refractivity contribution is 5.89. The monoisotopic (exact) mass is 340 g/mol. The van der Waals surface area contributed by atoms with Crippen LogP contribution in [-0.4, -0.2) is 53.2 Å². The van der Waals surface area contributed by atoms with Crippen LogP contribution in [0.4, 0.5) is 16.0 Å². The summed E-state index contributed by atoms with van der Waals surface area (Å²) in [5.41, 5.74) is 0.743. The molecular weight excluding hydrogens is 323 g/mol. The molecule has 0 N–H and O–H groups in total. The van der Waals surface area contributed by atoms with Crippen molar-refractivity contribution in [3.05, 3.63) is 42.7 Å². The second-order valence-corrected chi connectivity index (χ2v) is 5.75. The Morgan fingerprint density at radius 3 is 2.64 bits per heavy atom. The SMILES string of the molecule is COc1cncc(N2CCN(c3ncnc4ccc(F)cc34)CC2)n1. The third-order valence-electron chi connectivity index (χ3n) is 4.29. The minimum atomic E-state index is -0.283. The van der Waals surface area contributed by atoms with Crippen molar-refractivity contribution in [3.8, 4) is 5.88 Å². The number of methoxy groups -OCH3 is 1. The summed E-state index contributed by atoms with van der Waals surface area (Å²) in [6.07, 6.45) is 4.84. The molecule has 1 aliphatic rings. The second-order valence-electron chi connectivity index (χ2n) is 5.75. The van der Waals surface area contributed by atoms with Crippen LogP contribution in [0.25, 0.3) is 10.9 Å². The van der Waals surface area contributed by atoms with E-state index >= 15 is 0 Å². The lowest BCUT2D eigenvalue weighted by Gasteiger charge is -2.36. The predicted molar refractivity (Wildman–Crippen MR) is 92.5 cm³/mol.